The molecule has 0 saturated carbocycles. The number of anilines is 1. The summed E-state index contributed by atoms with van der Waals surface area (Å²) in [6.45, 7) is 9.00. The average Bonchev–Trinajstić information content (AvgIpc) is 3.05. The summed E-state index contributed by atoms with van der Waals surface area (Å²) in [5, 5.41) is 7.23. The molecule has 26 heavy (non-hydrogen) atoms. The van der Waals surface area contributed by atoms with E-state index in [9.17, 15) is 0 Å². The summed E-state index contributed by atoms with van der Waals surface area (Å²) in [5.41, 5.74) is 7.65. The van der Waals surface area contributed by atoms with Crippen LogP contribution in [0, 0.1) is 6.92 Å². The van der Waals surface area contributed by atoms with Crippen LogP contribution in [0.15, 0.2) is 53.6 Å². The van der Waals surface area contributed by atoms with Crippen LogP contribution < -0.4 is 17.4 Å². The zero-order chi connectivity index (χ0) is 17.8. The van der Waals surface area contributed by atoms with Crippen LogP contribution in [0.3, 0.4) is 0 Å². The lowest BCUT2D eigenvalue weighted by Crippen LogP contribution is -3.00. The van der Waals surface area contributed by atoms with Gasteiger partial charge in [0, 0.05) is 18.1 Å². The van der Waals surface area contributed by atoms with E-state index < -0.39 is 0 Å². The second-order valence-corrected chi connectivity index (χ2v) is 7.83. The highest BCUT2D eigenvalue weighted by molar-refractivity contribution is 6.45. The van der Waals surface area contributed by atoms with Crippen LogP contribution in [0.5, 0.6) is 0 Å². The van der Waals surface area contributed by atoms with Gasteiger partial charge < -0.3 is 12.4 Å². The number of hydrogen-bond donors (Lipinski definition) is 0. The first kappa shape index (κ1) is 18.7. The Morgan fingerprint density at radius 3 is 2.38 bits per heavy atom. The Bertz CT molecular complexity index is 894. The highest BCUT2D eigenvalue weighted by Gasteiger charge is 2.48. The third kappa shape index (κ3) is 2.75. The number of nitrogens with zero attached hydrogens (tertiary/aromatic N) is 3. The van der Waals surface area contributed by atoms with Crippen molar-refractivity contribution in [2.45, 2.75) is 45.6 Å². The van der Waals surface area contributed by atoms with Gasteiger partial charge in [-0.15, -0.1) is 0 Å². The molecule has 1 unspecified atom stereocenters. The quantitative estimate of drug-likeness (QED) is 0.738. The molecular formula is C22H26ClN3. The van der Waals surface area contributed by atoms with Crippen LogP contribution in [0.2, 0.25) is 0 Å². The minimum atomic E-state index is -0.0207. The molecule has 0 N–H and O–H groups in total. The first-order valence-corrected chi connectivity index (χ1v) is 9.04. The molecule has 0 saturated heterocycles. The Labute approximate surface area is 162 Å². The number of fused-ring (bicyclic) bond motifs is 1. The molecule has 2 aromatic rings. The Hall–Kier alpha value is -2.13. The van der Waals surface area contributed by atoms with Crippen molar-refractivity contribution in [2.75, 3.05) is 12.1 Å². The van der Waals surface area contributed by atoms with Crippen molar-refractivity contribution in [3.63, 3.8) is 0 Å². The summed E-state index contributed by atoms with van der Waals surface area (Å²) in [5.74, 6) is 0. The van der Waals surface area contributed by atoms with E-state index in [4.69, 9.17) is 5.10 Å². The van der Waals surface area contributed by atoms with Gasteiger partial charge in [-0.05, 0) is 39.8 Å². The fourth-order valence-electron chi connectivity index (χ4n) is 4.31. The monoisotopic (exact) mass is 367 g/mol. The highest BCUT2D eigenvalue weighted by Crippen LogP contribution is 2.40. The molecule has 0 bridgehead atoms. The number of para-hydroxylation sites is 1. The molecule has 3 nitrogen and oxygen atoms in total. The maximum atomic E-state index is 5.05. The normalized spacial score (nSPS) is 20.7. The molecule has 0 fully saturated rings. The number of rotatable bonds is 2. The number of benzene rings is 2. The highest BCUT2D eigenvalue weighted by atomic mass is 35.5. The van der Waals surface area contributed by atoms with Crippen LogP contribution in [0.1, 0.15) is 38.3 Å². The number of aryl methyl sites for hydroxylation is 1. The van der Waals surface area contributed by atoms with Crippen LogP contribution in [0.25, 0.3) is 0 Å². The lowest BCUT2D eigenvalue weighted by atomic mass is 9.79. The molecule has 4 heteroatoms. The summed E-state index contributed by atoms with van der Waals surface area (Å²) in [6.07, 6.45) is 0.977. The van der Waals surface area contributed by atoms with E-state index in [1.165, 1.54) is 33.9 Å². The number of hydrazone groups is 1. The molecule has 0 radical (unpaired) electrons. The van der Waals surface area contributed by atoms with Crippen molar-refractivity contribution in [3.05, 3.63) is 59.7 Å². The predicted octanol–water partition coefficient (Wildman–Crippen LogP) is 1.66. The van der Waals surface area contributed by atoms with Crippen molar-refractivity contribution in [1.29, 1.82) is 0 Å². The molecule has 4 rings (SSSR count). The summed E-state index contributed by atoms with van der Waals surface area (Å²) >= 11 is 0. The van der Waals surface area contributed by atoms with Crippen molar-refractivity contribution in [3.8, 4) is 0 Å². The fraction of sp³-hybridized carbons (Fsp3) is 0.364. The van der Waals surface area contributed by atoms with Crippen LogP contribution in [0.4, 0.5) is 11.4 Å². The smallest absolute Gasteiger partial charge is 0.215 e. The molecule has 136 valence electrons. The van der Waals surface area contributed by atoms with Crippen LogP contribution in [-0.4, -0.2) is 29.1 Å². The molecule has 0 aliphatic carbocycles. The van der Waals surface area contributed by atoms with Crippen molar-refractivity contribution in [2.24, 2.45) is 5.10 Å². The van der Waals surface area contributed by atoms with Gasteiger partial charge in [0.1, 0.15) is 12.8 Å². The van der Waals surface area contributed by atoms with Gasteiger partial charge in [-0.25, -0.2) is 0 Å². The molecule has 1 atom stereocenters. The summed E-state index contributed by atoms with van der Waals surface area (Å²) < 4.78 is 2.33. The maximum Gasteiger partial charge on any atom is 0.215 e. The third-order valence-corrected chi connectivity index (χ3v) is 5.57. The first-order valence-electron chi connectivity index (χ1n) is 9.04. The van der Waals surface area contributed by atoms with Crippen molar-refractivity contribution >= 4 is 22.8 Å². The zero-order valence-electron chi connectivity index (χ0n) is 16.1. The standard InChI is InChI=1S/C22H26N3.ClH/c1-15-10-12-17(13-11-15)25-16(2)14-19(23-25)21-22(3,4)18-8-6-7-9-20(18)24(21)5;/h6-13,16H,14H2,1-5H3;1H/q+1;/p-1. The van der Waals surface area contributed by atoms with Crippen molar-refractivity contribution in [1.82, 2.24) is 0 Å². The van der Waals surface area contributed by atoms with Crippen molar-refractivity contribution < 1.29 is 17.0 Å². The van der Waals surface area contributed by atoms with E-state index in [2.05, 4.69) is 92.9 Å². The van der Waals surface area contributed by atoms with Gasteiger partial charge in [0.25, 0.3) is 0 Å². The molecule has 2 heterocycles. The molecule has 0 amide bonds. The Morgan fingerprint density at radius 2 is 1.73 bits per heavy atom. The van der Waals surface area contributed by atoms with E-state index in [-0.39, 0.29) is 17.8 Å². The van der Waals surface area contributed by atoms with Gasteiger partial charge in [0.05, 0.1) is 17.1 Å². The molecule has 2 aliphatic heterocycles. The van der Waals surface area contributed by atoms with Gasteiger partial charge in [0.2, 0.25) is 11.4 Å². The van der Waals surface area contributed by atoms with E-state index in [0.717, 1.165) is 6.42 Å². The Kier molecular flexibility index (Phi) is 4.70. The first-order chi connectivity index (χ1) is 11.9. The summed E-state index contributed by atoms with van der Waals surface area (Å²) in [4.78, 5) is 0. The molecule has 0 spiro atoms. The van der Waals surface area contributed by atoms with Gasteiger partial charge in [-0.2, -0.15) is 9.68 Å². The lowest BCUT2D eigenvalue weighted by Gasteiger charge is -2.19. The topological polar surface area (TPSA) is 18.6 Å². The second kappa shape index (κ2) is 6.55. The lowest BCUT2D eigenvalue weighted by molar-refractivity contribution is -0.400. The molecule has 2 aromatic carbocycles. The number of hydrogen-bond acceptors (Lipinski definition) is 2. The van der Waals surface area contributed by atoms with E-state index in [0.29, 0.717) is 6.04 Å². The molecule has 2 aliphatic rings. The minimum Gasteiger partial charge on any atom is -1.00 e. The SMILES string of the molecule is Cc1ccc(N2N=C(C3=[N+](C)c4ccccc4C3(C)C)CC2C)cc1.[Cl-]. The number of halogens is 1. The fourth-order valence-corrected chi connectivity index (χ4v) is 4.31. The average molecular weight is 368 g/mol. The van der Waals surface area contributed by atoms with E-state index >= 15 is 0 Å². The van der Waals surface area contributed by atoms with Crippen LogP contribution >= 0.6 is 0 Å². The minimum absolute atomic E-state index is 0. The van der Waals surface area contributed by atoms with Gasteiger partial charge >= 0.3 is 0 Å². The van der Waals surface area contributed by atoms with E-state index in [1.807, 2.05) is 0 Å². The maximum absolute atomic E-state index is 5.05. The largest absolute Gasteiger partial charge is 1.00 e. The third-order valence-electron chi connectivity index (χ3n) is 5.57. The van der Waals surface area contributed by atoms with Gasteiger partial charge in [-0.3, -0.25) is 5.01 Å². The summed E-state index contributed by atoms with van der Waals surface area (Å²) in [7, 11) is 2.17. The molecular weight excluding hydrogens is 342 g/mol. The van der Waals surface area contributed by atoms with Gasteiger partial charge in [-0.1, -0.05) is 35.9 Å². The molecule has 0 aromatic heterocycles. The Balaban J connectivity index is 0.00000196. The second-order valence-electron chi connectivity index (χ2n) is 7.83. The summed E-state index contributed by atoms with van der Waals surface area (Å²) in [6, 6.07) is 17.7. The van der Waals surface area contributed by atoms with E-state index in [1.54, 1.807) is 0 Å². The van der Waals surface area contributed by atoms with Crippen LogP contribution in [-0.2, 0) is 5.41 Å². The Morgan fingerprint density at radius 1 is 1.08 bits per heavy atom. The van der Waals surface area contributed by atoms with Gasteiger partial charge in [0.15, 0.2) is 0 Å². The predicted molar refractivity (Wildman–Crippen MR) is 105 cm³/mol. The zero-order valence-corrected chi connectivity index (χ0v) is 16.9.